The Morgan fingerprint density at radius 2 is 1.68 bits per heavy atom. The summed E-state index contributed by atoms with van der Waals surface area (Å²) in [7, 11) is 3.95. The highest BCUT2D eigenvalue weighted by molar-refractivity contribution is 6.46. The summed E-state index contributed by atoms with van der Waals surface area (Å²) in [6.45, 7) is 5.52. The smallest absolute Gasteiger partial charge is 0.295 e. The first kappa shape index (κ1) is 26.2. The van der Waals surface area contributed by atoms with Gasteiger partial charge in [0.25, 0.3) is 11.7 Å². The minimum Gasteiger partial charge on any atom is -0.507 e. The molecule has 0 aliphatic carbocycles. The molecule has 6 heteroatoms. The molecule has 192 valence electrons. The van der Waals surface area contributed by atoms with Gasteiger partial charge in [-0.25, -0.2) is 0 Å². The van der Waals surface area contributed by atoms with E-state index in [1.807, 2.05) is 87.4 Å². The second kappa shape index (κ2) is 11.4. The summed E-state index contributed by atoms with van der Waals surface area (Å²) >= 11 is 0. The highest BCUT2D eigenvalue weighted by Crippen LogP contribution is 2.40. The summed E-state index contributed by atoms with van der Waals surface area (Å²) in [4.78, 5) is 30.0. The van der Waals surface area contributed by atoms with Gasteiger partial charge in [-0.15, -0.1) is 0 Å². The first-order chi connectivity index (χ1) is 17.8. The van der Waals surface area contributed by atoms with Crippen LogP contribution in [-0.2, 0) is 16.2 Å². The standard InChI is InChI=1S/C31H34N2O4/c1-21-11-13-24(14-12-21)28-27(30(35)31(36)33(28)18-8-17-32(3)4)29(34)25-15-16-26(22(2)19-25)37-20-23-9-6-5-7-10-23/h5-7,9-16,19,28,34H,8,17-18,20H2,1-4H3/t28-/m0/s1. The third kappa shape index (κ3) is 5.92. The van der Waals surface area contributed by atoms with Gasteiger partial charge in [-0.2, -0.15) is 0 Å². The molecule has 37 heavy (non-hydrogen) atoms. The molecule has 1 aliphatic rings. The number of amides is 1. The molecular weight excluding hydrogens is 464 g/mol. The molecule has 0 spiro atoms. The number of likely N-dealkylation sites (tertiary alicyclic amines) is 1. The summed E-state index contributed by atoms with van der Waals surface area (Å²) in [5.74, 6) is -0.711. The molecule has 1 heterocycles. The lowest BCUT2D eigenvalue weighted by atomic mass is 9.94. The molecule has 1 aliphatic heterocycles. The normalized spacial score (nSPS) is 17.0. The van der Waals surface area contributed by atoms with Gasteiger partial charge < -0.3 is 19.6 Å². The number of ketones is 1. The Kier molecular flexibility index (Phi) is 8.09. The van der Waals surface area contributed by atoms with Gasteiger partial charge in [-0.3, -0.25) is 9.59 Å². The lowest BCUT2D eigenvalue weighted by Crippen LogP contribution is -2.32. The van der Waals surface area contributed by atoms with Crippen molar-refractivity contribution in [3.05, 3.63) is 106 Å². The zero-order chi connectivity index (χ0) is 26.5. The van der Waals surface area contributed by atoms with Gasteiger partial charge in [-0.1, -0.05) is 60.2 Å². The molecule has 0 radical (unpaired) electrons. The number of rotatable bonds is 9. The van der Waals surface area contributed by atoms with Gasteiger partial charge in [0.15, 0.2) is 0 Å². The second-order valence-electron chi connectivity index (χ2n) is 9.81. The van der Waals surface area contributed by atoms with Gasteiger partial charge in [0.05, 0.1) is 11.6 Å². The maximum atomic E-state index is 13.2. The van der Waals surface area contributed by atoms with Crippen molar-refractivity contribution in [1.82, 2.24) is 9.80 Å². The van der Waals surface area contributed by atoms with Gasteiger partial charge in [0.2, 0.25) is 0 Å². The SMILES string of the molecule is Cc1ccc([C@H]2C(=C(O)c3ccc(OCc4ccccc4)c(C)c3)C(=O)C(=O)N2CCCN(C)C)cc1. The number of aliphatic hydroxyl groups excluding tert-OH is 1. The molecule has 6 nitrogen and oxygen atoms in total. The molecule has 4 rings (SSSR count). The maximum Gasteiger partial charge on any atom is 0.295 e. The predicted octanol–water partition coefficient (Wildman–Crippen LogP) is 5.26. The van der Waals surface area contributed by atoms with Crippen LogP contribution in [0.5, 0.6) is 5.75 Å². The van der Waals surface area contributed by atoms with E-state index in [0.29, 0.717) is 24.5 Å². The molecule has 0 aromatic heterocycles. The Bertz CT molecular complexity index is 1300. The average molecular weight is 499 g/mol. The summed E-state index contributed by atoms with van der Waals surface area (Å²) < 4.78 is 5.97. The van der Waals surface area contributed by atoms with Gasteiger partial charge >= 0.3 is 0 Å². The molecule has 1 N–H and O–H groups in total. The highest BCUT2D eigenvalue weighted by atomic mass is 16.5. The van der Waals surface area contributed by atoms with E-state index in [1.54, 1.807) is 23.1 Å². The Morgan fingerprint density at radius 1 is 0.973 bits per heavy atom. The minimum atomic E-state index is -0.657. The fraction of sp³-hybridized carbons (Fsp3) is 0.290. The summed E-state index contributed by atoms with van der Waals surface area (Å²) in [6, 6.07) is 22.3. The van der Waals surface area contributed by atoms with Crippen LogP contribution in [-0.4, -0.2) is 53.8 Å². The number of hydrogen-bond donors (Lipinski definition) is 1. The van der Waals surface area contributed by atoms with Crippen molar-refractivity contribution in [2.75, 3.05) is 27.2 Å². The number of aryl methyl sites for hydroxylation is 2. The van der Waals surface area contributed by atoms with Crippen molar-refractivity contribution in [2.45, 2.75) is 32.9 Å². The van der Waals surface area contributed by atoms with Crippen molar-refractivity contribution < 1.29 is 19.4 Å². The van der Waals surface area contributed by atoms with Crippen LogP contribution >= 0.6 is 0 Å². The van der Waals surface area contributed by atoms with E-state index in [9.17, 15) is 14.7 Å². The van der Waals surface area contributed by atoms with Gasteiger partial charge in [0, 0.05) is 12.1 Å². The third-order valence-corrected chi connectivity index (χ3v) is 6.62. The summed E-state index contributed by atoms with van der Waals surface area (Å²) in [6.07, 6.45) is 0.717. The number of benzene rings is 3. The van der Waals surface area contributed by atoms with E-state index in [2.05, 4.69) is 0 Å². The molecule has 1 atom stereocenters. The molecule has 0 unspecified atom stereocenters. The Hall–Kier alpha value is -3.90. The number of aliphatic hydroxyl groups is 1. The monoisotopic (exact) mass is 498 g/mol. The first-order valence-corrected chi connectivity index (χ1v) is 12.5. The van der Waals surface area contributed by atoms with E-state index in [1.165, 1.54) is 0 Å². The minimum absolute atomic E-state index is 0.121. The van der Waals surface area contributed by atoms with Crippen LogP contribution in [0.3, 0.4) is 0 Å². The number of ether oxygens (including phenoxy) is 1. The van der Waals surface area contributed by atoms with Crippen LogP contribution in [0.4, 0.5) is 0 Å². The largest absolute Gasteiger partial charge is 0.507 e. The number of carbonyl (C=O) groups is 2. The van der Waals surface area contributed by atoms with E-state index in [-0.39, 0.29) is 11.3 Å². The van der Waals surface area contributed by atoms with Crippen LogP contribution in [0.15, 0.2) is 78.4 Å². The molecule has 3 aromatic carbocycles. The molecule has 1 saturated heterocycles. The third-order valence-electron chi connectivity index (χ3n) is 6.62. The fourth-order valence-electron chi connectivity index (χ4n) is 4.61. The predicted molar refractivity (Wildman–Crippen MR) is 145 cm³/mol. The topological polar surface area (TPSA) is 70.1 Å². The molecule has 1 fully saturated rings. The van der Waals surface area contributed by atoms with Gasteiger partial charge in [0.1, 0.15) is 18.1 Å². The van der Waals surface area contributed by atoms with E-state index in [4.69, 9.17) is 4.74 Å². The molecule has 0 saturated carbocycles. The molecular formula is C31H34N2O4. The van der Waals surface area contributed by atoms with Crippen LogP contribution in [0.1, 0.15) is 40.3 Å². The number of carbonyl (C=O) groups excluding carboxylic acids is 2. The number of hydrogen-bond acceptors (Lipinski definition) is 5. The Morgan fingerprint density at radius 3 is 2.32 bits per heavy atom. The van der Waals surface area contributed by atoms with E-state index in [0.717, 1.165) is 35.2 Å². The van der Waals surface area contributed by atoms with Crippen LogP contribution in [0.2, 0.25) is 0 Å². The van der Waals surface area contributed by atoms with Gasteiger partial charge in [-0.05, 0) is 75.8 Å². The lowest BCUT2D eigenvalue weighted by Gasteiger charge is -2.26. The average Bonchev–Trinajstić information content (AvgIpc) is 3.13. The number of nitrogens with zero attached hydrogens (tertiary/aromatic N) is 2. The van der Waals surface area contributed by atoms with Crippen LogP contribution < -0.4 is 4.74 Å². The van der Waals surface area contributed by atoms with Crippen molar-refractivity contribution in [1.29, 1.82) is 0 Å². The molecule has 3 aromatic rings. The van der Waals surface area contributed by atoms with Crippen molar-refractivity contribution in [2.24, 2.45) is 0 Å². The van der Waals surface area contributed by atoms with Crippen molar-refractivity contribution in [3.63, 3.8) is 0 Å². The Labute approximate surface area is 218 Å². The fourth-order valence-corrected chi connectivity index (χ4v) is 4.61. The van der Waals surface area contributed by atoms with Crippen molar-refractivity contribution in [3.8, 4) is 5.75 Å². The van der Waals surface area contributed by atoms with E-state index < -0.39 is 17.7 Å². The number of Topliss-reactive ketones (excluding diaryl/α,β-unsaturated/α-hetero) is 1. The van der Waals surface area contributed by atoms with Crippen LogP contribution in [0, 0.1) is 13.8 Å². The quantitative estimate of drug-likeness (QED) is 0.248. The molecule has 0 bridgehead atoms. The second-order valence-corrected chi connectivity index (χ2v) is 9.81. The van der Waals surface area contributed by atoms with E-state index >= 15 is 0 Å². The zero-order valence-corrected chi connectivity index (χ0v) is 21.9. The first-order valence-electron chi connectivity index (χ1n) is 12.5. The molecule has 1 amide bonds. The van der Waals surface area contributed by atoms with Crippen LogP contribution in [0.25, 0.3) is 5.76 Å². The maximum absolute atomic E-state index is 13.2. The summed E-state index contributed by atoms with van der Waals surface area (Å²) in [5, 5.41) is 11.4. The Balaban J connectivity index is 1.67. The highest BCUT2D eigenvalue weighted by Gasteiger charge is 2.45. The van der Waals surface area contributed by atoms with Crippen molar-refractivity contribution >= 4 is 17.4 Å². The zero-order valence-electron chi connectivity index (χ0n) is 21.9. The summed E-state index contributed by atoms with van der Waals surface area (Å²) in [5.41, 5.74) is 4.36. The lowest BCUT2D eigenvalue weighted by molar-refractivity contribution is -0.139.